The third-order valence-corrected chi connectivity index (χ3v) is 3.47. The lowest BCUT2D eigenvalue weighted by Crippen LogP contribution is -2.24. The number of hydrogen-bond donors (Lipinski definition) is 1. The van der Waals surface area contributed by atoms with Gasteiger partial charge in [0.15, 0.2) is 11.5 Å². The molecule has 0 aromatic heterocycles. The summed E-state index contributed by atoms with van der Waals surface area (Å²) in [5, 5.41) is 13.3. The molecule has 7 nitrogen and oxygen atoms in total. The average Bonchev–Trinajstić information content (AvgIpc) is 2.59. The van der Waals surface area contributed by atoms with Crippen LogP contribution in [0.15, 0.2) is 36.4 Å². The summed E-state index contributed by atoms with van der Waals surface area (Å²) in [4.78, 5) is 22.1. The number of benzene rings is 2. The van der Waals surface area contributed by atoms with E-state index in [1.807, 2.05) is 0 Å². The maximum Gasteiger partial charge on any atom is 0.270 e. The maximum atomic E-state index is 13.7. The smallest absolute Gasteiger partial charge is 0.270 e. The fourth-order valence-corrected chi connectivity index (χ4v) is 2.28. The molecule has 1 N–H and O–H groups in total. The second-order valence-corrected chi connectivity index (χ2v) is 5.08. The minimum Gasteiger partial charge on any atom is -0.486 e. The van der Waals surface area contributed by atoms with Gasteiger partial charge in [0.05, 0.1) is 10.5 Å². The fraction of sp³-hybridized carbons (Fsp3) is 0.188. The number of amides is 1. The Labute approximate surface area is 136 Å². The van der Waals surface area contributed by atoms with E-state index in [1.54, 1.807) is 18.2 Å². The first-order valence-corrected chi connectivity index (χ1v) is 7.15. The van der Waals surface area contributed by atoms with Crippen molar-refractivity contribution < 1.29 is 23.6 Å². The molecule has 0 saturated heterocycles. The summed E-state index contributed by atoms with van der Waals surface area (Å²) in [6, 6.07) is 8.01. The van der Waals surface area contributed by atoms with E-state index in [4.69, 9.17) is 9.47 Å². The summed E-state index contributed by atoms with van der Waals surface area (Å²) in [5.74, 6) is -0.345. The third-order valence-electron chi connectivity index (χ3n) is 3.47. The Hall–Kier alpha value is -3.16. The lowest BCUT2D eigenvalue weighted by Gasteiger charge is -2.19. The van der Waals surface area contributed by atoms with Gasteiger partial charge in [0.1, 0.15) is 19.0 Å². The van der Waals surface area contributed by atoms with Crippen LogP contribution < -0.4 is 14.8 Å². The predicted octanol–water partition coefficient (Wildman–Crippen LogP) is 2.44. The predicted molar refractivity (Wildman–Crippen MR) is 81.7 cm³/mol. The van der Waals surface area contributed by atoms with Gasteiger partial charge in [0.25, 0.3) is 11.6 Å². The summed E-state index contributed by atoms with van der Waals surface area (Å²) >= 11 is 0. The van der Waals surface area contributed by atoms with Gasteiger partial charge in [-0.1, -0.05) is 6.07 Å². The van der Waals surface area contributed by atoms with Crippen LogP contribution in [0.1, 0.15) is 15.9 Å². The van der Waals surface area contributed by atoms with E-state index in [1.165, 1.54) is 0 Å². The van der Waals surface area contributed by atoms with Crippen molar-refractivity contribution in [3.05, 3.63) is 63.5 Å². The van der Waals surface area contributed by atoms with Crippen LogP contribution in [0, 0.1) is 15.9 Å². The number of nitrogens with one attached hydrogen (secondary N) is 1. The molecule has 8 heteroatoms. The number of fused-ring (bicyclic) bond motifs is 1. The Kier molecular flexibility index (Phi) is 4.28. The summed E-state index contributed by atoms with van der Waals surface area (Å²) in [7, 11) is 0. The highest BCUT2D eigenvalue weighted by Gasteiger charge is 2.17. The van der Waals surface area contributed by atoms with Crippen molar-refractivity contribution in [2.75, 3.05) is 13.2 Å². The molecule has 0 saturated carbocycles. The van der Waals surface area contributed by atoms with E-state index in [-0.39, 0.29) is 17.8 Å². The molecule has 1 amide bonds. The van der Waals surface area contributed by atoms with E-state index in [9.17, 15) is 19.3 Å². The van der Waals surface area contributed by atoms with Gasteiger partial charge in [-0.3, -0.25) is 14.9 Å². The highest BCUT2D eigenvalue weighted by molar-refractivity contribution is 5.95. The lowest BCUT2D eigenvalue weighted by atomic mass is 10.1. The van der Waals surface area contributed by atoms with Crippen molar-refractivity contribution in [1.82, 2.24) is 5.32 Å². The Morgan fingerprint density at radius 3 is 2.67 bits per heavy atom. The molecule has 3 rings (SSSR count). The molecule has 1 heterocycles. The van der Waals surface area contributed by atoms with Crippen molar-refractivity contribution in [3.63, 3.8) is 0 Å². The molecule has 2 aromatic carbocycles. The van der Waals surface area contributed by atoms with Crippen LogP contribution in [0.4, 0.5) is 10.1 Å². The van der Waals surface area contributed by atoms with Crippen LogP contribution in [-0.4, -0.2) is 24.0 Å². The largest absolute Gasteiger partial charge is 0.486 e. The number of non-ortho nitro benzene ring substituents is 1. The van der Waals surface area contributed by atoms with E-state index < -0.39 is 16.6 Å². The lowest BCUT2D eigenvalue weighted by molar-refractivity contribution is -0.384. The van der Waals surface area contributed by atoms with Gasteiger partial charge in [-0.25, -0.2) is 4.39 Å². The molecule has 2 aromatic rings. The zero-order valence-electron chi connectivity index (χ0n) is 12.5. The SMILES string of the molecule is O=C(NCc1ccc2c(c1)OCCO2)c1cc([N+](=O)[O-])ccc1F. The first-order valence-electron chi connectivity index (χ1n) is 7.15. The van der Waals surface area contributed by atoms with Gasteiger partial charge in [0, 0.05) is 18.7 Å². The number of carbonyl (C=O) groups excluding carboxylic acids is 1. The van der Waals surface area contributed by atoms with Gasteiger partial charge in [-0.05, 0) is 23.8 Å². The number of halogens is 1. The summed E-state index contributed by atoms with van der Waals surface area (Å²) in [6.45, 7) is 1.05. The molecule has 0 fully saturated rings. The molecular weight excluding hydrogens is 319 g/mol. The van der Waals surface area contributed by atoms with Crippen molar-refractivity contribution in [2.45, 2.75) is 6.54 Å². The molecule has 0 bridgehead atoms. The summed E-state index contributed by atoms with van der Waals surface area (Å²) in [6.07, 6.45) is 0. The molecule has 124 valence electrons. The van der Waals surface area contributed by atoms with Gasteiger partial charge in [-0.15, -0.1) is 0 Å². The molecule has 0 unspecified atom stereocenters. The van der Waals surface area contributed by atoms with Crippen LogP contribution in [0.5, 0.6) is 11.5 Å². The Bertz CT molecular complexity index is 809. The first-order chi connectivity index (χ1) is 11.5. The van der Waals surface area contributed by atoms with Gasteiger partial charge >= 0.3 is 0 Å². The Balaban J connectivity index is 1.72. The number of carbonyl (C=O) groups is 1. The topological polar surface area (TPSA) is 90.7 Å². The monoisotopic (exact) mass is 332 g/mol. The number of nitrogens with zero attached hydrogens (tertiary/aromatic N) is 1. The molecular formula is C16H13FN2O5. The van der Waals surface area contributed by atoms with Crippen LogP contribution in [0.2, 0.25) is 0 Å². The quantitative estimate of drug-likeness (QED) is 0.686. The van der Waals surface area contributed by atoms with E-state index in [0.29, 0.717) is 24.7 Å². The van der Waals surface area contributed by atoms with Crippen molar-refractivity contribution >= 4 is 11.6 Å². The average molecular weight is 332 g/mol. The maximum absolute atomic E-state index is 13.7. The molecule has 1 aliphatic heterocycles. The number of nitro groups is 1. The summed E-state index contributed by atoms with van der Waals surface area (Å²) in [5.41, 5.74) is 0.0149. The van der Waals surface area contributed by atoms with Gasteiger partial charge in [-0.2, -0.15) is 0 Å². The number of nitro benzene ring substituents is 1. The highest BCUT2D eigenvalue weighted by Crippen LogP contribution is 2.30. The molecule has 0 aliphatic carbocycles. The Morgan fingerprint density at radius 2 is 1.92 bits per heavy atom. The molecule has 0 spiro atoms. The summed E-state index contributed by atoms with van der Waals surface area (Å²) < 4.78 is 24.6. The minimum atomic E-state index is -0.819. The minimum absolute atomic E-state index is 0.123. The molecule has 0 radical (unpaired) electrons. The zero-order valence-corrected chi connectivity index (χ0v) is 12.5. The second kappa shape index (κ2) is 6.53. The van der Waals surface area contributed by atoms with E-state index in [2.05, 4.69) is 5.32 Å². The normalized spacial score (nSPS) is 12.5. The first kappa shape index (κ1) is 15.7. The van der Waals surface area contributed by atoms with Crippen LogP contribution in [0.3, 0.4) is 0 Å². The van der Waals surface area contributed by atoms with Crippen LogP contribution >= 0.6 is 0 Å². The van der Waals surface area contributed by atoms with E-state index >= 15 is 0 Å². The van der Waals surface area contributed by atoms with Crippen LogP contribution in [0.25, 0.3) is 0 Å². The highest BCUT2D eigenvalue weighted by atomic mass is 19.1. The number of ether oxygens (including phenoxy) is 2. The molecule has 1 aliphatic rings. The van der Waals surface area contributed by atoms with Crippen molar-refractivity contribution in [3.8, 4) is 11.5 Å². The Morgan fingerprint density at radius 1 is 1.17 bits per heavy atom. The third kappa shape index (κ3) is 3.27. The number of rotatable bonds is 4. The van der Waals surface area contributed by atoms with Crippen molar-refractivity contribution in [2.24, 2.45) is 0 Å². The number of hydrogen-bond acceptors (Lipinski definition) is 5. The van der Waals surface area contributed by atoms with Gasteiger partial charge < -0.3 is 14.8 Å². The van der Waals surface area contributed by atoms with Crippen molar-refractivity contribution in [1.29, 1.82) is 0 Å². The molecule has 0 atom stereocenters. The zero-order chi connectivity index (χ0) is 17.1. The van der Waals surface area contributed by atoms with E-state index in [0.717, 1.165) is 23.8 Å². The standard InChI is InChI=1S/C16H13FN2O5/c17-13-3-2-11(19(21)22)8-12(13)16(20)18-9-10-1-4-14-15(7-10)24-6-5-23-14/h1-4,7-8H,5-6,9H2,(H,18,20). The van der Waals surface area contributed by atoms with Crippen LogP contribution in [-0.2, 0) is 6.54 Å². The molecule has 24 heavy (non-hydrogen) atoms. The fourth-order valence-electron chi connectivity index (χ4n) is 2.28. The van der Waals surface area contributed by atoms with Gasteiger partial charge in [0.2, 0.25) is 0 Å². The second-order valence-electron chi connectivity index (χ2n) is 5.08.